The van der Waals surface area contributed by atoms with Crippen LogP contribution in [0.2, 0.25) is 0 Å². The third-order valence-corrected chi connectivity index (χ3v) is 4.56. The van der Waals surface area contributed by atoms with Crippen molar-refractivity contribution in [3.63, 3.8) is 0 Å². The van der Waals surface area contributed by atoms with Crippen LogP contribution in [-0.2, 0) is 6.61 Å². The van der Waals surface area contributed by atoms with Crippen LogP contribution in [0.25, 0.3) is 0 Å². The normalized spacial score (nSPS) is 20.0. The number of hydrogen-bond acceptors (Lipinski definition) is 3. The summed E-state index contributed by atoms with van der Waals surface area (Å²) in [5.74, 6) is 3.11. The van der Waals surface area contributed by atoms with E-state index in [2.05, 4.69) is 48.1 Å². The van der Waals surface area contributed by atoms with E-state index in [0.29, 0.717) is 12.5 Å². The minimum atomic E-state index is 0.530. The maximum atomic E-state index is 5.77. The van der Waals surface area contributed by atoms with Crippen molar-refractivity contribution < 1.29 is 4.74 Å². The fourth-order valence-electron chi connectivity index (χ4n) is 2.98. The summed E-state index contributed by atoms with van der Waals surface area (Å²) in [6, 6.07) is 8.38. The molecule has 2 aromatic rings. The molecule has 0 N–H and O–H groups in total. The van der Waals surface area contributed by atoms with Crippen molar-refractivity contribution >= 4 is 0 Å². The Morgan fingerprint density at radius 2 is 1.54 bits per heavy atom. The Hall–Kier alpha value is -1.90. The molecular formula is C21H30N2O. The zero-order valence-corrected chi connectivity index (χ0v) is 15.5. The van der Waals surface area contributed by atoms with Gasteiger partial charge in [-0.1, -0.05) is 63.4 Å². The van der Waals surface area contributed by atoms with E-state index in [1.165, 1.54) is 31.2 Å². The first-order chi connectivity index (χ1) is 11.7. The van der Waals surface area contributed by atoms with Gasteiger partial charge in [-0.15, -0.1) is 0 Å². The van der Waals surface area contributed by atoms with Gasteiger partial charge in [0.05, 0.1) is 12.4 Å². The van der Waals surface area contributed by atoms with Gasteiger partial charge in [0.15, 0.2) is 5.75 Å². The number of rotatable bonds is 4. The Labute approximate surface area is 146 Å². The smallest absolute Gasteiger partial charge is 0.156 e. The van der Waals surface area contributed by atoms with Crippen LogP contribution in [0.1, 0.15) is 69.3 Å². The average molecular weight is 326 g/mol. The number of aromatic nitrogens is 2. The second-order valence-electron chi connectivity index (χ2n) is 6.51. The molecule has 3 rings (SSSR count). The number of nitrogens with zero attached hydrogens (tertiary/aromatic N) is 2. The lowest BCUT2D eigenvalue weighted by Crippen LogP contribution is -2.13. The fourth-order valence-corrected chi connectivity index (χ4v) is 2.98. The molecule has 3 nitrogen and oxygen atoms in total. The van der Waals surface area contributed by atoms with E-state index in [1.807, 2.05) is 26.2 Å². The van der Waals surface area contributed by atoms with Crippen LogP contribution in [-0.4, -0.2) is 9.97 Å². The van der Waals surface area contributed by atoms with E-state index in [-0.39, 0.29) is 0 Å². The minimum absolute atomic E-state index is 0.530. The van der Waals surface area contributed by atoms with E-state index in [1.54, 1.807) is 0 Å². The van der Waals surface area contributed by atoms with Gasteiger partial charge in [-0.2, -0.15) is 0 Å². The second-order valence-corrected chi connectivity index (χ2v) is 6.51. The highest BCUT2D eigenvalue weighted by molar-refractivity contribution is 5.22. The summed E-state index contributed by atoms with van der Waals surface area (Å²) in [7, 11) is 0. The molecule has 1 fully saturated rings. The lowest BCUT2D eigenvalue weighted by atomic mass is 9.82. The second kappa shape index (κ2) is 9.41. The summed E-state index contributed by atoms with van der Waals surface area (Å²) in [4.78, 5) is 9.04. The molecule has 0 aliphatic heterocycles. The Bertz CT molecular complexity index is 584. The first kappa shape index (κ1) is 18.4. The predicted octanol–water partition coefficient (Wildman–Crippen LogP) is 5.68. The van der Waals surface area contributed by atoms with Gasteiger partial charge in [-0.05, 0) is 31.2 Å². The zero-order chi connectivity index (χ0) is 17.4. The van der Waals surface area contributed by atoms with E-state index in [0.717, 1.165) is 23.1 Å². The fraction of sp³-hybridized carbons (Fsp3) is 0.524. The molecule has 24 heavy (non-hydrogen) atoms. The number of hydrogen-bond donors (Lipinski definition) is 0. The third kappa shape index (κ3) is 5.33. The molecule has 3 heteroatoms. The SMILES string of the molecule is CC.Cc1ccc(COc2cnc(C3CCC(C)CC3)nc2)cc1. The van der Waals surface area contributed by atoms with Crippen LogP contribution in [0.5, 0.6) is 5.75 Å². The molecule has 1 aliphatic carbocycles. The van der Waals surface area contributed by atoms with Crippen molar-refractivity contribution in [3.05, 3.63) is 53.6 Å². The molecule has 0 unspecified atom stereocenters. The molecule has 1 saturated carbocycles. The van der Waals surface area contributed by atoms with E-state index in [9.17, 15) is 0 Å². The highest BCUT2D eigenvalue weighted by Crippen LogP contribution is 2.33. The lowest BCUT2D eigenvalue weighted by Gasteiger charge is -2.24. The van der Waals surface area contributed by atoms with Crippen LogP contribution in [0.4, 0.5) is 0 Å². The molecule has 0 radical (unpaired) electrons. The van der Waals surface area contributed by atoms with Crippen LogP contribution in [0.3, 0.4) is 0 Å². The molecule has 130 valence electrons. The van der Waals surface area contributed by atoms with Crippen molar-refractivity contribution in [1.82, 2.24) is 9.97 Å². The summed E-state index contributed by atoms with van der Waals surface area (Å²) >= 11 is 0. The molecule has 1 aromatic carbocycles. The first-order valence-corrected chi connectivity index (χ1v) is 9.21. The maximum Gasteiger partial charge on any atom is 0.156 e. The van der Waals surface area contributed by atoms with Gasteiger partial charge < -0.3 is 4.74 Å². The third-order valence-electron chi connectivity index (χ3n) is 4.56. The van der Waals surface area contributed by atoms with Crippen molar-refractivity contribution in [2.24, 2.45) is 5.92 Å². The Balaban J connectivity index is 0.00000100. The minimum Gasteiger partial charge on any atom is -0.486 e. The molecule has 0 saturated heterocycles. The molecular weight excluding hydrogens is 296 g/mol. The average Bonchev–Trinajstić information content (AvgIpc) is 2.64. The number of ether oxygens (including phenoxy) is 1. The quantitative estimate of drug-likeness (QED) is 0.724. The Kier molecular flexibility index (Phi) is 7.23. The number of benzene rings is 1. The highest BCUT2D eigenvalue weighted by Gasteiger charge is 2.21. The standard InChI is InChI=1S/C19H24N2O.C2H6/c1-14-3-7-16(8-4-14)13-22-18-11-20-19(21-12-18)17-9-5-15(2)6-10-17;1-2/h3-4,7-8,11-12,15,17H,5-6,9-10,13H2,1-2H3;1-2H3. The van der Waals surface area contributed by atoms with Gasteiger partial charge in [-0.3, -0.25) is 0 Å². The Morgan fingerprint density at radius 3 is 2.12 bits per heavy atom. The molecule has 1 heterocycles. The Morgan fingerprint density at radius 1 is 0.958 bits per heavy atom. The van der Waals surface area contributed by atoms with Crippen LogP contribution in [0, 0.1) is 12.8 Å². The summed E-state index contributed by atoms with van der Waals surface area (Å²) < 4.78 is 5.77. The summed E-state index contributed by atoms with van der Waals surface area (Å²) in [6.45, 7) is 8.98. The first-order valence-electron chi connectivity index (χ1n) is 9.21. The monoisotopic (exact) mass is 326 g/mol. The van der Waals surface area contributed by atoms with Crippen molar-refractivity contribution in [2.75, 3.05) is 0 Å². The summed E-state index contributed by atoms with van der Waals surface area (Å²) in [5.41, 5.74) is 2.43. The van der Waals surface area contributed by atoms with Crippen molar-refractivity contribution in [2.45, 2.75) is 65.9 Å². The van der Waals surface area contributed by atoms with E-state index < -0.39 is 0 Å². The highest BCUT2D eigenvalue weighted by atomic mass is 16.5. The van der Waals surface area contributed by atoms with Crippen molar-refractivity contribution in [3.8, 4) is 5.75 Å². The van der Waals surface area contributed by atoms with Gasteiger partial charge in [0.2, 0.25) is 0 Å². The van der Waals surface area contributed by atoms with E-state index >= 15 is 0 Å². The van der Waals surface area contributed by atoms with Gasteiger partial charge in [-0.25, -0.2) is 9.97 Å². The summed E-state index contributed by atoms with van der Waals surface area (Å²) in [6.07, 6.45) is 8.64. The lowest BCUT2D eigenvalue weighted by molar-refractivity contribution is 0.301. The molecule has 0 atom stereocenters. The molecule has 1 aromatic heterocycles. The van der Waals surface area contributed by atoms with E-state index in [4.69, 9.17) is 4.74 Å². The van der Waals surface area contributed by atoms with Gasteiger partial charge >= 0.3 is 0 Å². The molecule has 0 amide bonds. The number of aryl methyl sites for hydroxylation is 1. The molecule has 1 aliphatic rings. The largest absolute Gasteiger partial charge is 0.486 e. The predicted molar refractivity (Wildman–Crippen MR) is 99.3 cm³/mol. The maximum absolute atomic E-state index is 5.77. The summed E-state index contributed by atoms with van der Waals surface area (Å²) in [5, 5.41) is 0. The molecule has 0 spiro atoms. The van der Waals surface area contributed by atoms with Gasteiger partial charge in [0, 0.05) is 5.92 Å². The van der Waals surface area contributed by atoms with Crippen LogP contribution < -0.4 is 4.74 Å². The zero-order valence-electron chi connectivity index (χ0n) is 15.5. The van der Waals surface area contributed by atoms with Crippen LogP contribution in [0.15, 0.2) is 36.7 Å². The van der Waals surface area contributed by atoms with Crippen LogP contribution >= 0.6 is 0 Å². The topological polar surface area (TPSA) is 35.0 Å². The van der Waals surface area contributed by atoms with Gasteiger partial charge in [0.25, 0.3) is 0 Å². The van der Waals surface area contributed by atoms with Crippen molar-refractivity contribution in [1.29, 1.82) is 0 Å². The molecule has 0 bridgehead atoms. The van der Waals surface area contributed by atoms with Gasteiger partial charge in [0.1, 0.15) is 12.4 Å².